The molecule has 0 fully saturated rings. The van der Waals surface area contributed by atoms with E-state index in [9.17, 15) is 0 Å². The van der Waals surface area contributed by atoms with Gasteiger partial charge in [0.05, 0.1) is 0 Å². The second-order valence-corrected chi connectivity index (χ2v) is 3.06. The SMILES string of the molecule is CN(Br)c1ccc(O)cc1. The maximum Gasteiger partial charge on any atom is 0.115 e. The average Bonchev–Trinajstić information content (AvgIpc) is 1.88. The molecule has 0 unspecified atom stereocenters. The van der Waals surface area contributed by atoms with Gasteiger partial charge in [-0.05, 0) is 24.3 Å². The number of benzene rings is 1. The van der Waals surface area contributed by atoms with E-state index in [4.69, 9.17) is 5.11 Å². The minimum Gasteiger partial charge on any atom is -0.508 e. The van der Waals surface area contributed by atoms with E-state index in [2.05, 4.69) is 16.1 Å². The Bertz CT molecular complexity index is 207. The predicted octanol–water partition coefficient (Wildman–Crippen LogP) is 2.14. The molecule has 1 aromatic carbocycles. The van der Waals surface area contributed by atoms with Crippen molar-refractivity contribution >= 4 is 21.8 Å². The molecule has 1 rings (SSSR count). The smallest absolute Gasteiger partial charge is 0.115 e. The number of aromatic hydroxyl groups is 1. The highest BCUT2D eigenvalue weighted by molar-refractivity contribution is 9.10. The number of hydrogen-bond acceptors (Lipinski definition) is 2. The Morgan fingerprint density at radius 1 is 1.30 bits per heavy atom. The molecule has 10 heavy (non-hydrogen) atoms. The maximum atomic E-state index is 8.90. The van der Waals surface area contributed by atoms with Crippen molar-refractivity contribution in [2.75, 3.05) is 11.0 Å². The third-order valence-corrected chi connectivity index (χ3v) is 1.62. The molecule has 0 aliphatic carbocycles. The first-order chi connectivity index (χ1) is 4.70. The molecule has 0 aliphatic rings. The van der Waals surface area contributed by atoms with E-state index in [-0.39, 0.29) is 5.75 Å². The van der Waals surface area contributed by atoms with E-state index < -0.39 is 0 Å². The van der Waals surface area contributed by atoms with Crippen molar-refractivity contribution in [3.8, 4) is 5.75 Å². The number of anilines is 1. The normalized spacial score (nSPS) is 9.40. The molecule has 1 N–H and O–H groups in total. The fraction of sp³-hybridized carbons (Fsp3) is 0.143. The lowest BCUT2D eigenvalue weighted by atomic mass is 10.3. The van der Waals surface area contributed by atoms with Gasteiger partial charge in [0.1, 0.15) is 5.75 Å². The Morgan fingerprint density at radius 2 is 1.80 bits per heavy atom. The minimum absolute atomic E-state index is 0.290. The highest BCUT2D eigenvalue weighted by Crippen LogP contribution is 2.18. The summed E-state index contributed by atoms with van der Waals surface area (Å²) >= 11 is 3.26. The van der Waals surface area contributed by atoms with Crippen LogP contribution < -0.4 is 3.93 Å². The van der Waals surface area contributed by atoms with Crippen LogP contribution in [0.15, 0.2) is 24.3 Å². The molecular formula is C7H8BrNO. The summed E-state index contributed by atoms with van der Waals surface area (Å²) < 4.78 is 1.80. The van der Waals surface area contributed by atoms with Gasteiger partial charge < -0.3 is 9.03 Å². The highest BCUT2D eigenvalue weighted by Gasteiger charge is 1.93. The van der Waals surface area contributed by atoms with Gasteiger partial charge in [0, 0.05) is 28.9 Å². The quantitative estimate of drug-likeness (QED) is 0.705. The van der Waals surface area contributed by atoms with Gasteiger partial charge in [-0.3, -0.25) is 0 Å². The number of nitrogens with zero attached hydrogens (tertiary/aromatic N) is 1. The summed E-state index contributed by atoms with van der Waals surface area (Å²) in [4.78, 5) is 0. The second kappa shape index (κ2) is 2.92. The average molecular weight is 202 g/mol. The third-order valence-electron chi connectivity index (χ3n) is 1.21. The molecule has 0 amide bonds. The molecule has 3 heteroatoms. The zero-order chi connectivity index (χ0) is 7.56. The summed E-state index contributed by atoms with van der Waals surface area (Å²) in [5.41, 5.74) is 1.01. The van der Waals surface area contributed by atoms with Gasteiger partial charge in [0.15, 0.2) is 0 Å². The fourth-order valence-corrected chi connectivity index (χ4v) is 0.894. The van der Waals surface area contributed by atoms with Crippen LogP contribution in [0.5, 0.6) is 5.75 Å². The van der Waals surface area contributed by atoms with Gasteiger partial charge in [-0.2, -0.15) is 0 Å². The summed E-state index contributed by atoms with van der Waals surface area (Å²) in [6.07, 6.45) is 0. The van der Waals surface area contributed by atoms with E-state index in [1.54, 1.807) is 16.1 Å². The number of phenols is 1. The maximum absolute atomic E-state index is 8.90. The molecule has 54 valence electrons. The molecule has 0 atom stereocenters. The summed E-state index contributed by atoms with van der Waals surface area (Å²) in [5.74, 6) is 0.290. The number of halogens is 1. The first-order valence-electron chi connectivity index (χ1n) is 2.88. The van der Waals surface area contributed by atoms with Gasteiger partial charge in [0.2, 0.25) is 0 Å². The zero-order valence-electron chi connectivity index (χ0n) is 5.58. The van der Waals surface area contributed by atoms with Crippen molar-refractivity contribution in [1.82, 2.24) is 0 Å². The lowest BCUT2D eigenvalue weighted by Gasteiger charge is -2.07. The van der Waals surface area contributed by atoms with Crippen LogP contribution in [0.2, 0.25) is 0 Å². The Hall–Kier alpha value is -0.700. The Kier molecular flexibility index (Phi) is 2.17. The van der Waals surface area contributed by atoms with Crippen molar-refractivity contribution < 1.29 is 5.11 Å². The van der Waals surface area contributed by atoms with Gasteiger partial charge in [-0.25, -0.2) is 0 Å². The topological polar surface area (TPSA) is 23.5 Å². The predicted molar refractivity (Wildman–Crippen MR) is 45.4 cm³/mol. The van der Waals surface area contributed by atoms with Crippen molar-refractivity contribution in [1.29, 1.82) is 0 Å². The number of hydrogen-bond donors (Lipinski definition) is 1. The van der Waals surface area contributed by atoms with Crippen LogP contribution in [0.3, 0.4) is 0 Å². The second-order valence-electron chi connectivity index (χ2n) is 1.99. The molecule has 0 heterocycles. The minimum atomic E-state index is 0.290. The van der Waals surface area contributed by atoms with E-state index in [1.165, 1.54) is 0 Å². The molecule has 2 nitrogen and oxygen atoms in total. The molecule has 0 saturated heterocycles. The van der Waals surface area contributed by atoms with Crippen LogP contribution in [0.4, 0.5) is 5.69 Å². The Labute approximate surface area is 68.4 Å². The van der Waals surface area contributed by atoms with Crippen molar-refractivity contribution in [3.05, 3.63) is 24.3 Å². The summed E-state index contributed by atoms with van der Waals surface area (Å²) in [6, 6.07) is 6.94. The molecule has 1 aromatic rings. The lowest BCUT2D eigenvalue weighted by molar-refractivity contribution is 0.475. The standard InChI is InChI=1S/C7H8BrNO/c1-9(8)6-2-4-7(10)5-3-6/h2-5,10H,1H3. The Morgan fingerprint density at radius 3 is 2.20 bits per heavy atom. The van der Waals surface area contributed by atoms with Crippen LogP contribution in [0, 0.1) is 0 Å². The van der Waals surface area contributed by atoms with Gasteiger partial charge in [0.25, 0.3) is 0 Å². The van der Waals surface area contributed by atoms with E-state index >= 15 is 0 Å². The lowest BCUT2D eigenvalue weighted by Crippen LogP contribution is -1.97. The molecule has 0 bridgehead atoms. The fourth-order valence-electron chi connectivity index (χ4n) is 0.658. The summed E-state index contributed by atoms with van der Waals surface area (Å²) in [7, 11) is 1.88. The van der Waals surface area contributed by atoms with Crippen LogP contribution in [-0.4, -0.2) is 12.2 Å². The van der Waals surface area contributed by atoms with Crippen LogP contribution >= 0.6 is 16.1 Å². The monoisotopic (exact) mass is 201 g/mol. The molecule has 0 aromatic heterocycles. The zero-order valence-corrected chi connectivity index (χ0v) is 7.17. The highest BCUT2D eigenvalue weighted by atomic mass is 79.9. The van der Waals surface area contributed by atoms with Crippen molar-refractivity contribution in [3.63, 3.8) is 0 Å². The third kappa shape index (κ3) is 1.64. The van der Waals surface area contributed by atoms with E-state index in [1.807, 2.05) is 19.2 Å². The number of rotatable bonds is 1. The number of phenolic OH excluding ortho intramolecular Hbond substituents is 1. The first-order valence-corrected chi connectivity index (χ1v) is 3.59. The molecular weight excluding hydrogens is 194 g/mol. The van der Waals surface area contributed by atoms with Gasteiger partial charge in [-0.1, -0.05) is 0 Å². The van der Waals surface area contributed by atoms with Crippen LogP contribution in [-0.2, 0) is 0 Å². The van der Waals surface area contributed by atoms with E-state index in [0.717, 1.165) is 5.69 Å². The van der Waals surface area contributed by atoms with Gasteiger partial charge in [-0.15, -0.1) is 0 Å². The first kappa shape index (κ1) is 7.41. The van der Waals surface area contributed by atoms with Crippen molar-refractivity contribution in [2.45, 2.75) is 0 Å². The summed E-state index contributed by atoms with van der Waals surface area (Å²) in [5, 5.41) is 8.90. The molecule has 0 spiro atoms. The largest absolute Gasteiger partial charge is 0.508 e. The van der Waals surface area contributed by atoms with Crippen molar-refractivity contribution in [2.24, 2.45) is 0 Å². The van der Waals surface area contributed by atoms with Crippen LogP contribution in [0.1, 0.15) is 0 Å². The molecule has 0 saturated carbocycles. The Balaban J connectivity index is 2.89. The van der Waals surface area contributed by atoms with Gasteiger partial charge >= 0.3 is 0 Å². The summed E-state index contributed by atoms with van der Waals surface area (Å²) in [6.45, 7) is 0. The van der Waals surface area contributed by atoms with Crippen LogP contribution in [0.25, 0.3) is 0 Å². The molecule has 0 aliphatic heterocycles. The van der Waals surface area contributed by atoms with E-state index in [0.29, 0.717) is 0 Å². The molecule has 0 radical (unpaired) electrons.